The number of nitrogens with zero attached hydrogens (tertiary/aromatic N) is 5. The number of morpholine rings is 1. The van der Waals surface area contributed by atoms with Gasteiger partial charge in [0.05, 0.1) is 30.0 Å². The second-order valence-corrected chi connectivity index (χ2v) is 8.84. The van der Waals surface area contributed by atoms with Crippen molar-refractivity contribution in [3.05, 3.63) is 42.5 Å². The number of amides is 1. The van der Waals surface area contributed by atoms with E-state index in [2.05, 4.69) is 19.8 Å². The first-order chi connectivity index (χ1) is 15.2. The fourth-order valence-electron chi connectivity index (χ4n) is 4.04. The number of rotatable bonds is 4. The number of hydrogen-bond acceptors (Lipinski definition) is 7. The van der Waals surface area contributed by atoms with Crippen molar-refractivity contribution < 1.29 is 13.9 Å². The van der Waals surface area contributed by atoms with Crippen LogP contribution in [0.3, 0.4) is 0 Å². The van der Waals surface area contributed by atoms with Crippen LogP contribution in [0.25, 0.3) is 20.7 Å². The zero-order valence-electron chi connectivity index (χ0n) is 17.2. The van der Waals surface area contributed by atoms with Crippen LogP contribution in [0.2, 0.25) is 0 Å². The van der Waals surface area contributed by atoms with Gasteiger partial charge >= 0.3 is 0 Å². The molecule has 0 spiro atoms. The van der Waals surface area contributed by atoms with E-state index >= 15 is 0 Å². The number of ether oxygens (including phenoxy) is 1. The molecule has 3 aromatic rings. The van der Waals surface area contributed by atoms with Crippen molar-refractivity contribution >= 4 is 33.3 Å². The molecule has 1 amide bonds. The standard InChI is InChI=1S/C22H24FN5O2S/c23-17-3-1-16(2-4-17)19-13-18-21(31-19)22(25-15-24-18)28-7-5-27(6-8-28)20(29)14-26-9-11-30-12-10-26/h1-4,13,15H,5-12,14H2. The zero-order valence-corrected chi connectivity index (χ0v) is 18.0. The quantitative estimate of drug-likeness (QED) is 0.620. The van der Waals surface area contributed by atoms with Gasteiger partial charge in [0.2, 0.25) is 5.91 Å². The van der Waals surface area contributed by atoms with Crippen LogP contribution in [0.1, 0.15) is 0 Å². The van der Waals surface area contributed by atoms with Gasteiger partial charge in [-0.3, -0.25) is 9.69 Å². The van der Waals surface area contributed by atoms with E-state index in [0.29, 0.717) is 32.8 Å². The largest absolute Gasteiger partial charge is 0.379 e. The number of aromatic nitrogens is 2. The lowest BCUT2D eigenvalue weighted by molar-refractivity contribution is -0.133. The number of benzene rings is 1. The average molecular weight is 442 g/mol. The molecule has 0 N–H and O–H groups in total. The van der Waals surface area contributed by atoms with Crippen molar-refractivity contribution in [2.24, 2.45) is 0 Å². The summed E-state index contributed by atoms with van der Waals surface area (Å²) in [6, 6.07) is 8.54. The van der Waals surface area contributed by atoms with E-state index in [-0.39, 0.29) is 11.7 Å². The third-order valence-electron chi connectivity index (χ3n) is 5.82. The number of hydrogen-bond donors (Lipinski definition) is 0. The minimum atomic E-state index is -0.244. The maximum absolute atomic E-state index is 13.3. The summed E-state index contributed by atoms with van der Waals surface area (Å²) in [5, 5.41) is 0. The summed E-state index contributed by atoms with van der Waals surface area (Å²) in [5.41, 5.74) is 1.86. The summed E-state index contributed by atoms with van der Waals surface area (Å²) in [5.74, 6) is 0.846. The summed E-state index contributed by atoms with van der Waals surface area (Å²) >= 11 is 1.62. The Balaban J connectivity index is 1.28. The number of thiophene rings is 1. The molecule has 2 fully saturated rings. The van der Waals surface area contributed by atoms with E-state index in [1.807, 2.05) is 11.0 Å². The molecule has 162 valence electrons. The number of piperazine rings is 1. The first-order valence-electron chi connectivity index (χ1n) is 10.5. The van der Waals surface area contributed by atoms with Crippen LogP contribution in [-0.4, -0.2) is 84.7 Å². The molecule has 7 nitrogen and oxygen atoms in total. The van der Waals surface area contributed by atoms with Gasteiger partial charge in [-0.05, 0) is 23.8 Å². The van der Waals surface area contributed by atoms with Crippen molar-refractivity contribution in [2.75, 3.05) is 63.9 Å². The molecule has 0 radical (unpaired) electrons. The summed E-state index contributed by atoms with van der Waals surface area (Å²) in [4.78, 5) is 29.0. The number of anilines is 1. The van der Waals surface area contributed by atoms with Gasteiger partial charge in [-0.15, -0.1) is 11.3 Å². The minimum Gasteiger partial charge on any atom is -0.379 e. The molecular weight excluding hydrogens is 417 g/mol. The third kappa shape index (κ3) is 4.39. The van der Waals surface area contributed by atoms with E-state index < -0.39 is 0 Å². The normalized spacial score (nSPS) is 18.0. The molecule has 9 heteroatoms. The first-order valence-corrected chi connectivity index (χ1v) is 11.3. The minimum absolute atomic E-state index is 0.184. The average Bonchev–Trinajstić information content (AvgIpc) is 3.25. The smallest absolute Gasteiger partial charge is 0.236 e. The topological polar surface area (TPSA) is 61.8 Å². The van der Waals surface area contributed by atoms with Crippen molar-refractivity contribution in [3.8, 4) is 10.4 Å². The second kappa shape index (κ2) is 8.86. The van der Waals surface area contributed by atoms with Gasteiger partial charge in [0.15, 0.2) is 0 Å². The fraction of sp³-hybridized carbons (Fsp3) is 0.409. The van der Waals surface area contributed by atoms with Gasteiger partial charge < -0.3 is 14.5 Å². The molecule has 2 aliphatic rings. The fourth-order valence-corrected chi connectivity index (χ4v) is 5.18. The van der Waals surface area contributed by atoms with Crippen molar-refractivity contribution in [1.82, 2.24) is 19.8 Å². The number of carbonyl (C=O) groups is 1. The van der Waals surface area contributed by atoms with E-state index in [1.54, 1.807) is 29.8 Å². The molecule has 0 bridgehead atoms. The maximum Gasteiger partial charge on any atom is 0.236 e. The Morgan fingerprint density at radius 1 is 1.03 bits per heavy atom. The Hall–Kier alpha value is -2.62. The molecular formula is C22H24FN5O2S. The van der Waals surface area contributed by atoms with Crippen molar-refractivity contribution in [2.45, 2.75) is 0 Å². The van der Waals surface area contributed by atoms with Crippen LogP contribution in [0.5, 0.6) is 0 Å². The van der Waals surface area contributed by atoms with E-state index in [1.165, 1.54) is 12.1 Å². The molecule has 0 aliphatic carbocycles. The zero-order chi connectivity index (χ0) is 21.2. The molecule has 0 unspecified atom stereocenters. The van der Waals surface area contributed by atoms with Crippen LogP contribution < -0.4 is 4.90 Å². The summed E-state index contributed by atoms with van der Waals surface area (Å²) < 4.78 is 19.7. The molecule has 5 rings (SSSR count). The predicted octanol–water partition coefficient (Wildman–Crippen LogP) is 2.48. The number of carbonyl (C=O) groups excluding carboxylic acids is 1. The first kappa shape index (κ1) is 20.3. The van der Waals surface area contributed by atoms with Crippen LogP contribution in [0, 0.1) is 5.82 Å². The van der Waals surface area contributed by atoms with E-state index in [4.69, 9.17) is 4.74 Å². The van der Waals surface area contributed by atoms with Crippen molar-refractivity contribution in [1.29, 1.82) is 0 Å². The SMILES string of the molecule is O=C(CN1CCOCC1)N1CCN(c2ncnc3cc(-c4ccc(F)cc4)sc23)CC1. The Kier molecular flexibility index (Phi) is 5.80. The molecule has 2 saturated heterocycles. The van der Waals surface area contributed by atoms with Gasteiger partial charge in [0.1, 0.15) is 18.0 Å². The van der Waals surface area contributed by atoms with Gasteiger partial charge in [0.25, 0.3) is 0 Å². The van der Waals surface area contributed by atoms with Crippen molar-refractivity contribution in [3.63, 3.8) is 0 Å². The highest BCUT2D eigenvalue weighted by molar-refractivity contribution is 7.22. The summed E-state index contributed by atoms with van der Waals surface area (Å²) in [6.07, 6.45) is 1.59. The second-order valence-electron chi connectivity index (χ2n) is 7.79. The summed E-state index contributed by atoms with van der Waals surface area (Å²) in [7, 11) is 0. The van der Waals surface area contributed by atoms with Gasteiger partial charge in [-0.2, -0.15) is 0 Å². The Morgan fingerprint density at radius 2 is 1.77 bits per heavy atom. The molecule has 2 aromatic heterocycles. The third-order valence-corrected chi connectivity index (χ3v) is 6.98. The lowest BCUT2D eigenvalue weighted by Crippen LogP contribution is -2.52. The molecule has 4 heterocycles. The molecule has 31 heavy (non-hydrogen) atoms. The molecule has 0 atom stereocenters. The van der Waals surface area contributed by atoms with E-state index in [0.717, 1.165) is 52.7 Å². The molecule has 2 aliphatic heterocycles. The number of fused-ring (bicyclic) bond motifs is 1. The molecule has 1 aromatic carbocycles. The monoisotopic (exact) mass is 441 g/mol. The van der Waals surface area contributed by atoms with Gasteiger partial charge in [-0.25, -0.2) is 14.4 Å². The van der Waals surface area contributed by atoms with Crippen LogP contribution >= 0.6 is 11.3 Å². The van der Waals surface area contributed by atoms with Crippen LogP contribution in [0.4, 0.5) is 10.2 Å². The number of halogens is 1. The highest BCUT2D eigenvalue weighted by Crippen LogP contribution is 2.37. The molecule has 0 saturated carbocycles. The predicted molar refractivity (Wildman–Crippen MR) is 119 cm³/mol. The van der Waals surface area contributed by atoms with Crippen LogP contribution in [0.15, 0.2) is 36.7 Å². The van der Waals surface area contributed by atoms with Crippen LogP contribution in [-0.2, 0) is 9.53 Å². The summed E-state index contributed by atoms with van der Waals surface area (Å²) in [6.45, 7) is 6.36. The highest BCUT2D eigenvalue weighted by Gasteiger charge is 2.25. The maximum atomic E-state index is 13.3. The highest BCUT2D eigenvalue weighted by atomic mass is 32.1. The Morgan fingerprint density at radius 3 is 2.52 bits per heavy atom. The lowest BCUT2D eigenvalue weighted by atomic mass is 10.2. The Bertz CT molecular complexity index is 1060. The lowest BCUT2D eigenvalue weighted by Gasteiger charge is -2.36. The Labute approximate surface area is 184 Å². The van der Waals surface area contributed by atoms with E-state index in [9.17, 15) is 9.18 Å². The van der Waals surface area contributed by atoms with Gasteiger partial charge in [-0.1, -0.05) is 12.1 Å². The van der Waals surface area contributed by atoms with Gasteiger partial charge in [0, 0.05) is 44.1 Å².